The zero-order valence-electron chi connectivity index (χ0n) is 22.9. The molecular weight excluding hydrogens is 597 g/mol. The molecule has 0 saturated carbocycles. The van der Waals surface area contributed by atoms with E-state index in [0.717, 1.165) is 10.6 Å². The van der Waals surface area contributed by atoms with Crippen LogP contribution in [0.3, 0.4) is 0 Å². The Morgan fingerprint density at radius 3 is 2.66 bits per heavy atom. The smallest absolute Gasteiger partial charge is 0.354 e. The molecule has 3 aromatic heterocycles. The maximum Gasteiger partial charge on any atom is 0.354 e. The van der Waals surface area contributed by atoms with Crippen LogP contribution in [0.5, 0.6) is 11.5 Å². The highest BCUT2D eigenvalue weighted by Crippen LogP contribution is 2.45. The van der Waals surface area contributed by atoms with Crippen molar-refractivity contribution in [2.24, 2.45) is 0 Å². The minimum absolute atomic E-state index is 0.0000658. The minimum atomic E-state index is -1.00. The van der Waals surface area contributed by atoms with Crippen molar-refractivity contribution in [1.29, 1.82) is 10.5 Å². The van der Waals surface area contributed by atoms with Crippen molar-refractivity contribution in [3.63, 3.8) is 0 Å². The molecule has 5 aromatic rings. The first-order valence-electron chi connectivity index (χ1n) is 12.8. The van der Waals surface area contributed by atoms with Gasteiger partial charge < -0.3 is 20.2 Å². The van der Waals surface area contributed by atoms with Crippen molar-refractivity contribution in [2.75, 3.05) is 12.3 Å². The summed E-state index contributed by atoms with van der Waals surface area (Å²) < 4.78 is 29.1. The number of hydrogen-bond acceptors (Lipinski definition) is 10. The Balaban J connectivity index is 1.62. The van der Waals surface area contributed by atoms with Crippen LogP contribution in [-0.2, 0) is 16.8 Å². The number of anilines is 1. The van der Waals surface area contributed by atoms with Gasteiger partial charge in [-0.25, -0.2) is 14.0 Å². The molecule has 2 aromatic carbocycles. The van der Waals surface area contributed by atoms with Crippen molar-refractivity contribution in [2.45, 2.75) is 25.9 Å². The molecule has 0 amide bonds. The fraction of sp³-hybridized carbons (Fsp3) is 0.179. The Morgan fingerprint density at radius 1 is 1.18 bits per heavy atom. The first kappa shape index (κ1) is 28.4. The van der Waals surface area contributed by atoms with Gasteiger partial charge in [0.25, 0.3) is 5.56 Å². The Bertz CT molecular complexity index is 2310. The van der Waals surface area contributed by atoms with E-state index in [2.05, 4.69) is 21.1 Å². The van der Waals surface area contributed by atoms with E-state index >= 15 is 4.39 Å². The van der Waals surface area contributed by atoms with Crippen molar-refractivity contribution >= 4 is 28.3 Å². The predicted octanol–water partition coefficient (Wildman–Crippen LogP) is 2.67. The molecule has 6 rings (SSSR count). The predicted molar refractivity (Wildman–Crippen MR) is 154 cm³/mol. The lowest BCUT2D eigenvalue weighted by Crippen LogP contribution is -2.33. The summed E-state index contributed by atoms with van der Waals surface area (Å²) in [6, 6.07) is 8.47. The number of benzene rings is 2. The second-order valence-electron chi connectivity index (χ2n) is 10.5. The number of nitriles is 2. The summed E-state index contributed by atoms with van der Waals surface area (Å²) in [6.45, 7) is 4.35. The fourth-order valence-electron chi connectivity index (χ4n) is 5.22. The van der Waals surface area contributed by atoms with Crippen LogP contribution < -0.4 is 27.4 Å². The summed E-state index contributed by atoms with van der Waals surface area (Å²) >= 11 is 6.65. The van der Waals surface area contributed by atoms with E-state index in [1.54, 1.807) is 6.07 Å². The van der Waals surface area contributed by atoms with Crippen LogP contribution >= 0.6 is 11.6 Å². The van der Waals surface area contributed by atoms with E-state index in [4.69, 9.17) is 26.8 Å². The van der Waals surface area contributed by atoms with Gasteiger partial charge in [-0.2, -0.15) is 20.2 Å². The third kappa shape index (κ3) is 4.48. The van der Waals surface area contributed by atoms with Gasteiger partial charge >= 0.3 is 11.4 Å². The van der Waals surface area contributed by atoms with Crippen LogP contribution in [0.4, 0.5) is 10.2 Å². The topological polar surface area (TPSA) is 210 Å². The quantitative estimate of drug-likeness (QED) is 0.269. The van der Waals surface area contributed by atoms with Gasteiger partial charge in [-0.05, 0) is 23.8 Å². The molecule has 44 heavy (non-hydrogen) atoms. The monoisotopic (exact) mass is 615 g/mol. The molecule has 14 nitrogen and oxygen atoms in total. The lowest BCUT2D eigenvalue weighted by Gasteiger charge is -2.30. The third-order valence-electron chi connectivity index (χ3n) is 7.05. The van der Waals surface area contributed by atoms with E-state index in [-0.39, 0.29) is 51.4 Å². The largest absolute Gasteiger partial charge is 0.452 e. The average Bonchev–Trinajstić information content (AvgIpc) is 3.36. The maximum absolute atomic E-state index is 15.6. The molecule has 220 valence electrons. The summed E-state index contributed by atoms with van der Waals surface area (Å²) in [7, 11) is 0. The molecule has 4 heterocycles. The van der Waals surface area contributed by atoms with E-state index in [1.165, 1.54) is 24.4 Å². The number of rotatable bonds is 4. The number of H-pyrrole nitrogens is 2. The number of halogens is 2. The number of hydrogen-bond donors (Lipinski definition) is 3. The molecule has 0 bridgehead atoms. The van der Waals surface area contributed by atoms with Gasteiger partial charge in [0.15, 0.2) is 11.6 Å². The molecule has 0 atom stereocenters. The molecule has 0 aliphatic carbocycles. The number of aromatic amines is 2. The fourth-order valence-corrected chi connectivity index (χ4v) is 5.46. The Kier molecular flexibility index (Phi) is 6.57. The second kappa shape index (κ2) is 10.2. The van der Waals surface area contributed by atoms with Gasteiger partial charge in [0, 0.05) is 28.8 Å². The van der Waals surface area contributed by atoms with Crippen LogP contribution in [-0.4, -0.2) is 35.9 Å². The number of nitrogen functional groups attached to an aromatic ring is 1. The van der Waals surface area contributed by atoms with Crippen molar-refractivity contribution in [3.05, 3.63) is 95.1 Å². The first-order valence-corrected chi connectivity index (χ1v) is 13.2. The van der Waals surface area contributed by atoms with Crippen LogP contribution in [0.25, 0.3) is 22.3 Å². The number of aromatic nitrogens is 6. The summed E-state index contributed by atoms with van der Waals surface area (Å²) in [6.07, 6.45) is 1.26. The van der Waals surface area contributed by atoms with Crippen LogP contribution in [0, 0.1) is 28.5 Å². The standard InChI is InChI=1S/C28H19ClFN9O5/c1-28(2)11-43-10-17-22(28)21-13(8-31)19(7-15(30)23(21)34-17)44-24-14(29)5-12(39-27(42)36-25(40)16(9-32)37-39)6-18(24)38-4-3-20(33)35-26(38)41/h3-7,34H,10-11H2,1-2H3,(H2,33,35,41)(H,36,40,42). The molecule has 0 radical (unpaired) electrons. The third-order valence-corrected chi connectivity index (χ3v) is 7.33. The number of nitrogens with one attached hydrogen (secondary N) is 2. The first-order chi connectivity index (χ1) is 20.9. The van der Waals surface area contributed by atoms with Crippen molar-refractivity contribution < 1.29 is 13.9 Å². The Labute approximate surface area is 250 Å². The lowest BCUT2D eigenvalue weighted by atomic mass is 9.81. The SMILES string of the molecule is CC1(C)COCc2[nH]c3c(F)cc(Oc4c(Cl)cc(-n5nc(C#N)c(=O)[nH]c5=O)cc4-n4ccc(N)nc4=O)c(C#N)c3c21. The number of ether oxygens (including phenoxy) is 2. The minimum Gasteiger partial charge on any atom is -0.452 e. The summed E-state index contributed by atoms with van der Waals surface area (Å²) in [5.74, 6) is -1.23. The summed E-state index contributed by atoms with van der Waals surface area (Å²) in [4.78, 5) is 46.2. The summed E-state index contributed by atoms with van der Waals surface area (Å²) in [5, 5.41) is 23.4. The number of nitrogens with zero attached hydrogens (tertiary/aromatic N) is 6. The van der Waals surface area contributed by atoms with E-state index in [0.29, 0.717) is 27.9 Å². The zero-order valence-corrected chi connectivity index (χ0v) is 23.6. The Morgan fingerprint density at radius 2 is 1.95 bits per heavy atom. The molecule has 0 fully saturated rings. The Hall–Kier alpha value is -5.77. The number of fused-ring (bicyclic) bond motifs is 3. The molecule has 1 aliphatic heterocycles. The lowest BCUT2D eigenvalue weighted by molar-refractivity contribution is 0.0630. The van der Waals surface area contributed by atoms with Gasteiger partial charge in [-0.15, -0.1) is 5.10 Å². The van der Waals surface area contributed by atoms with E-state index in [9.17, 15) is 24.9 Å². The second-order valence-corrected chi connectivity index (χ2v) is 10.9. The maximum atomic E-state index is 15.6. The van der Waals surface area contributed by atoms with Gasteiger partial charge in [0.2, 0.25) is 5.69 Å². The van der Waals surface area contributed by atoms with Crippen LogP contribution in [0.1, 0.15) is 36.4 Å². The average molecular weight is 616 g/mol. The molecule has 0 spiro atoms. The highest BCUT2D eigenvalue weighted by molar-refractivity contribution is 6.32. The van der Waals surface area contributed by atoms with Crippen LogP contribution in [0.15, 0.2) is 44.8 Å². The summed E-state index contributed by atoms with van der Waals surface area (Å²) in [5.41, 5.74) is 2.85. The van der Waals surface area contributed by atoms with Gasteiger partial charge in [0.05, 0.1) is 35.1 Å². The normalized spacial score (nSPS) is 13.7. The van der Waals surface area contributed by atoms with E-state index < -0.39 is 33.9 Å². The van der Waals surface area contributed by atoms with Gasteiger partial charge in [-0.3, -0.25) is 14.3 Å². The van der Waals surface area contributed by atoms with Crippen LogP contribution in [0.2, 0.25) is 5.02 Å². The van der Waals surface area contributed by atoms with Gasteiger partial charge in [0.1, 0.15) is 29.3 Å². The highest BCUT2D eigenvalue weighted by atomic mass is 35.5. The molecule has 0 saturated heterocycles. The van der Waals surface area contributed by atoms with Gasteiger partial charge in [-0.1, -0.05) is 25.4 Å². The molecular formula is C28H19ClFN9O5. The molecule has 16 heteroatoms. The molecule has 4 N–H and O–H groups in total. The molecule has 0 unspecified atom stereocenters. The van der Waals surface area contributed by atoms with Crippen molar-refractivity contribution in [3.8, 4) is 35.0 Å². The van der Waals surface area contributed by atoms with E-state index in [1.807, 2.05) is 18.8 Å². The molecule has 1 aliphatic rings. The zero-order chi connectivity index (χ0) is 31.5. The highest BCUT2D eigenvalue weighted by Gasteiger charge is 2.35. The number of nitrogens with two attached hydrogens (primary N) is 1. The van der Waals surface area contributed by atoms with Crippen molar-refractivity contribution in [1.82, 2.24) is 29.3 Å².